The molecule has 0 aromatic heterocycles. The van der Waals surface area contributed by atoms with Gasteiger partial charge in [0.15, 0.2) is 0 Å². The van der Waals surface area contributed by atoms with E-state index in [0.717, 1.165) is 44.8 Å². The van der Waals surface area contributed by atoms with Gasteiger partial charge in [0.05, 0.1) is 13.2 Å². The molecular weight excluding hydrogens is 334 g/mol. The Labute approximate surface area is 165 Å². The van der Waals surface area contributed by atoms with Crippen LogP contribution in [0, 0.1) is 11.3 Å². The summed E-state index contributed by atoms with van der Waals surface area (Å²) in [5.41, 5.74) is 1.80. The smallest absolute Gasteiger partial charge is 0.0594 e. The number of piperidine rings is 1. The second-order valence-corrected chi connectivity index (χ2v) is 9.76. The molecule has 4 heterocycles. The topological polar surface area (TPSA) is 19.0 Å². The average Bonchev–Trinajstić information content (AvgIpc) is 2.93. The number of benzene rings is 1. The normalized spacial score (nSPS) is 28.4. The van der Waals surface area contributed by atoms with Crippen molar-refractivity contribution in [3.63, 3.8) is 0 Å². The molecule has 0 amide bonds. The lowest BCUT2D eigenvalue weighted by Gasteiger charge is -2.38. The van der Waals surface area contributed by atoms with Gasteiger partial charge in [0, 0.05) is 58.4 Å². The SMILES string of the molecule is CC(C)(CN1CCOCC1)CN1C[C@@H]2CC[C@H](C1)N(Cc1ccccc1)C2. The van der Waals surface area contributed by atoms with Gasteiger partial charge in [0.1, 0.15) is 0 Å². The van der Waals surface area contributed by atoms with Gasteiger partial charge in [-0.2, -0.15) is 0 Å². The van der Waals surface area contributed by atoms with E-state index < -0.39 is 0 Å². The van der Waals surface area contributed by atoms with Crippen molar-refractivity contribution in [2.45, 2.75) is 39.3 Å². The molecule has 4 fully saturated rings. The molecule has 150 valence electrons. The summed E-state index contributed by atoms with van der Waals surface area (Å²) in [6.07, 6.45) is 2.79. The van der Waals surface area contributed by atoms with Gasteiger partial charge in [-0.05, 0) is 29.7 Å². The van der Waals surface area contributed by atoms with Crippen LogP contribution in [0.3, 0.4) is 0 Å². The van der Waals surface area contributed by atoms with Gasteiger partial charge >= 0.3 is 0 Å². The van der Waals surface area contributed by atoms with Gasteiger partial charge in [0.25, 0.3) is 0 Å². The first kappa shape index (κ1) is 19.4. The van der Waals surface area contributed by atoms with E-state index in [2.05, 4.69) is 58.9 Å². The molecule has 2 atom stereocenters. The number of rotatable bonds is 6. The van der Waals surface area contributed by atoms with Crippen LogP contribution >= 0.6 is 0 Å². The van der Waals surface area contributed by atoms with E-state index in [1.807, 2.05) is 0 Å². The van der Waals surface area contributed by atoms with Crippen molar-refractivity contribution >= 4 is 0 Å². The van der Waals surface area contributed by atoms with Crippen molar-refractivity contribution in [1.29, 1.82) is 0 Å². The van der Waals surface area contributed by atoms with Crippen molar-refractivity contribution in [3.8, 4) is 0 Å². The summed E-state index contributed by atoms with van der Waals surface area (Å²) in [7, 11) is 0. The fourth-order valence-corrected chi connectivity index (χ4v) is 5.44. The zero-order valence-corrected chi connectivity index (χ0v) is 17.3. The van der Waals surface area contributed by atoms with Crippen LogP contribution in [0.5, 0.6) is 0 Å². The van der Waals surface area contributed by atoms with Crippen molar-refractivity contribution < 1.29 is 4.74 Å². The standard InChI is InChI=1S/C23H37N3O/c1-23(2,18-24-10-12-27-13-11-24)19-25-14-21-8-9-22(17-25)26(16-21)15-20-6-4-3-5-7-20/h3-7,21-22H,8-19H2,1-2H3/t21-,22+/m0/s1. The van der Waals surface area contributed by atoms with Crippen molar-refractivity contribution in [1.82, 2.24) is 14.7 Å². The molecule has 4 saturated heterocycles. The lowest BCUT2D eigenvalue weighted by molar-refractivity contribution is 0.0145. The number of hydrogen-bond acceptors (Lipinski definition) is 4. The predicted octanol–water partition coefficient (Wildman–Crippen LogP) is 2.94. The summed E-state index contributed by atoms with van der Waals surface area (Å²) >= 11 is 0. The number of hydrogen-bond donors (Lipinski definition) is 0. The Hall–Kier alpha value is -0.940. The summed E-state index contributed by atoms with van der Waals surface area (Å²) in [4.78, 5) is 8.14. The van der Waals surface area contributed by atoms with Crippen LogP contribution in [0.15, 0.2) is 30.3 Å². The highest BCUT2D eigenvalue weighted by Gasteiger charge is 2.36. The zero-order chi connectivity index (χ0) is 18.7. The fourth-order valence-electron chi connectivity index (χ4n) is 5.44. The largest absolute Gasteiger partial charge is 0.379 e. The molecule has 2 bridgehead atoms. The van der Waals surface area contributed by atoms with Gasteiger partial charge in [-0.3, -0.25) is 9.80 Å². The maximum absolute atomic E-state index is 5.52. The molecule has 4 aliphatic rings. The van der Waals surface area contributed by atoms with Crippen LogP contribution in [0.2, 0.25) is 0 Å². The van der Waals surface area contributed by atoms with Crippen molar-refractivity contribution in [2.24, 2.45) is 11.3 Å². The summed E-state index contributed by atoms with van der Waals surface area (Å²) < 4.78 is 5.52. The highest BCUT2D eigenvalue weighted by molar-refractivity contribution is 5.15. The molecule has 0 radical (unpaired) electrons. The number of fused-ring (bicyclic) bond motifs is 4. The summed E-state index contributed by atoms with van der Waals surface area (Å²) in [6, 6.07) is 11.8. The second kappa shape index (κ2) is 8.60. The van der Waals surface area contributed by atoms with Gasteiger partial charge < -0.3 is 9.64 Å². The third-order valence-corrected chi connectivity index (χ3v) is 6.54. The molecule has 0 aliphatic carbocycles. The van der Waals surface area contributed by atoms with Gasteiger partial charge in [-0.1, -0.05) is 44.2 Å². The van der Waals surface area contributed by atoms with Crippen LogP contribution in [0.4, 0.5) is 0 Å². The van der Waals surface area contributed by atoms with E-state index in [1.165, 1.54) is 51.1 Å². The third kappa shape index (κ3) is 5.32. The molecule has 0 unspecified atom stereocenters. The van der Waals surface area contributed by atoms with E-state index in [0.29, 0.717) is 5.41 Å². The van der Waals surface area contributed by atoms with Gasteiger partial charge in [-0.25, -0.2) is 0 Å². The lowest BCUT2D eigenvalue weighted by atomic mass is 9.91. The number of morpholine rings is 1. The van der Waals surface area contributed by atoms with Crippen LogP contribution in [-0.4, -0.2) is 79.8 Å². The van der Waals surface area contributed by atoms with Crippen LogP contribution in [0.1, 0.15) is 32.3 Å². The quantitative estimate of drug-likeness (QED) is 0.765. The minimum atomic E-state index is 0.339. The molecule has 1 aromatic rings. The van der Waals surface area contributed by atoms with E-state index in [4.69, 9.17) is 4.74 Å². The average molecular weight is 372 g/mol. The Morgan fingerprint density at radius 3 is 2.44 bits per heavy atom. The van der Waals surface area contributed by atoms with Gasteiger partial charge in [-0.15, -0.1) is 0 Å². The number of nitrogens with zero attached hydrogens (tertiary/aromatic N) is 3. The predicted molar refractivity (Wildman–Crippen MR) is 111 cm³/mol. The first-order chi connectivity index (χ1) is 13.1. The molecular formula is C23H37N3O. The van der Waals surface area contributed by atoms with Crippen LogP contribution < -0.4 is 0 Å². The molecule has 4 nitrogen and oxygen atoms in total. The molecule has 0 spiro atoms. The lowest BCUT2D eigenvalue weighted by Crippen LogP contribution is -2.47. The first-order valence-corrected chi connectivity index (χ1v) is 10.9. The van der Waals surface area contributed by atoms with Crippen molar-refractivity contribution in [3.05, 3.63) is 35.9 Å². The Bertz CT molecular complexity index is 585. The summed E-state index contributed by atoms with van der Waals surface area (Å²) in [5, 5.41) is 0. The Morgan fingerprint density at radius 2 is 1.67 bits per heavy atom. The highest BCUT2D eigenvalue weighted by Crippen LogP contribution is 2.31. The molecule has 4 heteroatoms. The molecule has 0 N–H and O–H groups in total. The molecule has 5 rings (SSSR count). The monoisotopic (exact) mass is 371 g/mol. The minimum absolute atomic E-state index is 0.339. The summed E-state index contributed by atoms with van der Waals surface area (Å²) in [6.45, 7) is 16.2. The van der Waals surface area contributed by atoms with E-state index in [-0.39, 0.29) is 0 Å². The maximum Gasteiger partial charge on any atom is 0.0594 e. The van der Waals surface area contributed by atoms with E-state index >= 15 is 0 Å². The third-order valence-electron chi connectivity index (χ3n) is 6.54. The highest BCUT2D eigenvalue weighted by atomic mass is 16.5. The Kier molecular flexibility index (Phi) is 6.18. The van der Waals surface area contributed by atoms with Crippen molar-refractivity contribution in [2.75, 3.05) is 59.0 Å². The molecule has 1 aromatic carbocycles. The number of ether oxygens (including phenoxy) is 1. The van der Waals surface area contributed by atoms with Crippen LogP contribution in [0.25, 0.3) is 0 Å². The maximum atomic E-state index is 5.52. The van der Waals surface area contributed by atoms with E-state index in [9.17, 15) is 0 Å². The summed E-state index contributed by atoms with van der Waals surface area (Å²) in [5.74, 6) is 0.839. The molecule has 27 heavy (non-hydrogen) atoms. The van der Waals surface area contributed by atoms with Gasteiger partial charge in [0.2, 0.25) is 0 Å². The Morgan fingerprint density at radius 1 is 0.926 bits per heavy atom. The zero-order valence-electron chi connectivity index (χ0n) is 17.3. The van der Waals surface area contributed by atoms with Crippen LogP contribution in [-0.2, 0) is 11.3 Å². The fraction of sp³-hybridized carbons (Fsp3) is 0.739. The first-order valence-electron chi connectivity index (χ1n) is 10.9. The molecule has 4 aliphatic heterocycles. The second-order valence-electron chi connectivity index (χ2n) is 9.76. The molecule has 0 saturated carbocycles. The minimum Gasteiger partial charge on any atom is -0.379 e. The van der Waals surface area contributed by atoms with E-state index in [1.54, 1.807) is 0 Å². The Balaban J connectivity index is 1.35.